The summed E-state index contributed by atoms with van der Waals surface area (Å²) < 4.78 is 24.8. The van der Waals surface area contributed by atoms with Crippen LogP contribution in [0.2, 0.25) is 5.15 Å². The second-order valence-corrected chi connectivity index (χ2v) is 8.31. The number of sulfone groups is 1. The van der Waals surface area contributed by atoms with Gasteiger partial charge in [-0.05, 0) is 25.5 Å². The number of halogens is 1. The largest absolute Gasteiger partial charge is 0.271 e. The number of nitrogens with one attached hydrogen (secondary N) is 1. The number of carbonyl (C=O) groups is 1. The van der Waals surface area contributed by atoms with Gasteiger partial charge in [-0.2, -0.15) is 10.2 Å². The SMILES string of the molecule is Cc1nn([C@@H]2CCS(=O)(=O)C2)c(Cl)c1/C=N\NC(=O)c1ccncc1. The van der Waals surface area contributed by atoms with Gasteiger partial charge in [0.2, 0.25) is 0 Å². The second-order valence-electron chi connectivity index (χ2n) is 5.73. The molecule has 1 aliphatic rings. The molecule has 1 amide bonds. The Labute approximate surface area is 149 Å². The summed E-state index contributed by atoms with van der Waals surface area (Å²) in [6, 6.07) is 2.87. The van der Waals surface area contributed by atoms with Crippen molar-refractivity contribution in [3.63, 3.8) is 0 Å². The molecule has 0 unspecified atom stereocenters. The molecule has 3 heterocycles. The highest BCUT2D eigenvalue weighted by molar-refractivity contribution is 7.91. The summed E-state index contributed by atoms with van der Waals surface area (Å²) in [6.45, 7) is 1.75. The van der Waals surface area contributed by atoms with Crippen LogP contribution in [-0.4, -0.2) is 46.8 Å². The normalized spacial score (nSPS) is 19.4. The molecule has 8 nitrogen and oxygen atoms in total. The Morgan fingerprint density at radius 1 is 1.44 bits per heavy atom. The van der Waals surface area contributed by atoms with Crippen LogP contribution in [0.15, 0.2) is 29.6 Å². The molecule has 0 aromatic carbocycles. The number of rotatable bonds is 4. The smallest absolute Gasteiger partial charge is 0.267 e. The Kier molecular flexibility index (Phi) is 4.87. The Hall–Kier alpha value is -2.26. The third-order valence-electron chi connectivity index (χ3n) is 3.93. The van der Waals surface area contributed by atoms with Gasteiger partial charge in [-0.25, -0.2) is 18.5 Å². The summed E-state index contributed by atoms with van der Waals surface area (Å²) in [7, 11) is -3.04. The highest BCUT2D eigenvalue weighted by Gasteiger charge is 2.31. The van der Waals surface area contributed by atoms with Gasteiger partial charge in [-0.15, -0.1) is 0 Å². The summed E-state index contributed by atoms with van der Waals surface area (Å²) in [5, 5.41) is 8.54. The Morgan fingerprint density at radius 2 is 2.16 bits per heavy atom. The minimum atomic E-state index is -3.04. The molecule has 0 saturated carbocycles. The third kappa shape index (κ3) is 3.88. The van der Waals surface area contributed by atoms with Crippen LogP contribution in [0.25, 0.3) is 0 Å². The van der Waals surface area contributed by atoms with E-state index in [1.165, 1.54) is 23.3 Å². The lowest BCUT2D eigenvalue weighted by molar-refractivity contribution is 0.0955. The summed E-state index contributed by atoms with van der Waals surface area (Å²) in [5.74, 6) is -0.205. The first-order chi connectivity index (χ1) is 11.9. The fourth-order valence-corrected chi connectivity index (χ4v) is 4.67. The molecule has 2 aromatic rings. The summed E-state index contributed by atoms with van der Waals surface area (Å²) in [4.78, 5) is 15.8. The monoisotopic (exact) mass is 381 g/mol. The van der Waals surface area contributed by atoms with E-state index in [1.54, 1.807) is 19.1 Å². The quantitative estimate of drug-likeness (QED) is 0.635. The minimum Gasteiger partial charge on any atom is -0.267 e. The number of carbonyl (C=O) groups excluding carboxylic acids is 1. The van der Waals surface area contributed by atoms with Crippen LogP contribution in [0.1, 0.15) is 34.1 Å². The van der Waals surface area contributed by atoms with Crippen molar-refractivity contribution in [2.24, 2.45) is 5.10 Å². The molecule has 2 aromatic heterocycles. The molecule has 0 aliphatic carbocycles. The first-order valence-electron chi connectivity index (χ1n) is 7.56. The fraction of sp³-hybridized carbons (Fsp3) is 0.333. The van der Waals surface area contributed by atoms with Gasteiger partial charge >= 0.3 is 0 Å². The fourth-order valence-electron chi connectivity index (χ4n) is 2.61. The van der Waals surface area contributed by atoms with Crippen molar-refractivity contribution >= 4 is 33.6 Å². The predicted octanol–water partition coefficient (Wildman–Crippen LogP) is 1.36. The number of hydrogen-bond donors (Lipinski definition) is 1. The van der Waals surface area contributed by atoms with E-state index in [0.29, 0.717) is 28.4 Å². The van der Waals surface area contributed by atoms with Crippen molar-refractivity contribution in [3.8, 4) is 0 Å². The first-order valence-corrected chi connectivity index (χ1v) is 9.76. The number of amides is 1. The molecule has 3 rings (SSSR count). The maximum atomic E-state index is 11.9. The van der Waals surface area contributed by atoms with Gasteiger partial charge in [0.1, 0.15) is 5.15 Å². The Morgan fingerprint density at radius 3 is 2.80 bits per heavy atom. The van der Waals surface area contributed by atoms with Crippen molar-refractivity contribution in [2.75, 3.05) is 11.5 Å². The molecule has 0 radical (unpaired) electrons. The van der Waals surface area contributed by atoms with E-state index in [2.05, 4.69) is 20.6 Å². The molecule has 1 atom stereocenters. The number of nitrogens with zero attached hydrogens (tertiary/aromatic N) is 4. The molecule has 1 saturated heterocycles. The van der Waals surface area contributed by atoms with Gasteiger partial charge < -0.3 is 0 Å². The molecule has 0 bridgehead atoms. The van der Waals surface area contributed by atoms with Crippen molar-refractivity contribution < 1.29 is 13.2 Å². The molecular weight excluding hydrogens is 366 g/mol. The molecule has 0 spiro atoms. The zero-order chi connectivity index (χ0) is 18.0. The van der Waals surface area contributed by atoms with E-state index >= 15 is 0 Å². The van der Waals surface area contributed by atoms with Crippen molar-refractivity contribution in [2.45, 2.75) is 19.4 Å². The number of aryl methyl sites for hydroxylation is 1. The van der Waals surface area contributed by atoms with Crippen LogP contribution in [0.5, 0.6) is 0 Å². The van der Waals surface area contributed by atoms with Crippen LogP contribution >= 0.6 is 11.6 Å². The van der Waals surface area contributed by atoms with Crippen LogP contribution in [0.4, 0.5) is 0 Å². The van der Waals surface area contributed by atoms with Crippen molar-refractivity contribution in [1.82, 2.24) is 20.2 Å². The lowest BCUT2D eigenvalue weighted by Gasteiger charge is -2.09. The maximum absolute atomic E-state index is 11.9. The lowest BCUT2D eigenvalue weighted by Crippen LogP contribution is -2.17. The molecule has 1 aliphatic heterocycles. The van der Waals surface area contributed by atoms with E-state index in [1.807, 2.05) is 0 Å². The van der Waals surface area contributed by atoms with E-state index < -0.39 is 9.84 Å². The van der Waals surface area contributed by atoms with Crippen molar-refractivity contribution in [3.05, 3.63) is 46.5 Å². The molecule has 25 heavy (non-hydrogen) atoms. The maximum Gasteiger partial charge on any atom is 0.271 e. The van der Waals surface area contributed by atoms with Crippen LogP contribution in [0.3, 0.4) is 0 Å². The zero-order valence-electron chi connectivity index (χ0n) is 13.4. The Balaban J connectivity index is 1.74. The topological polar surface area (TPSA) is 106 Å². The highest BCUT2D eigenvalue weighted by Crippen LogP contribution is 2.29. The molecule has 1 N–H and O–H groups in total. The van der Waals surface area contributed by atoms with Gasteiger partial charge in [0, 0.05) is 18.0 Å². The molecule has 1 fully saturated rings. The summed E-state index contributed by atoms with van der Waals surface area (Å²) in [5.41, 5.74) is 3.99. The average molecular weight is 382 g/mol. The summed E-state index contributed by atoms with van der Waals surface area (Å²) in [6.07, 6.45) is 4.92. The zero-order valence-corrected chi connectivity index (χ0v) is 15.0. The highest BCUT2D eigenvalue weighted by atomic mass is 35.5. The first kappa shape index (κ1) is 17.6. The van der Waals surface area contributed by atoms with Crippen LogP contribution < -0.4 is 5.43 Å². The number of hydrazone groups is 1. The molecular formula is C15H16ClN5O3S. The van der Waals surface area contributed by atoms with Crippen LogP contribution in [0, 0.1) is 6.92 Å². The van der Waals surface area contributed by atoms with Gasteiger partial charge in [-0.1, -0.05) is 11.6 Å². The van der Waals surface area contributed by atoms with E-state index in [-0.39, 0.29) is 23.5 Å². The standard InChI is InChI=1S/C15H16ClN5O3S/c1-10-13(8-18-19-15(22)11-2-5-17-6-3-11)14(16)21(20-10)12-4-7-25(23,24)9-12/h2-3,5-6,8,12H,4,7,9H2,1H3,(H,19,22)/b18-8-/t12-/m1/s1. The van der Waals surface area contributed by atoms with E-state index in [4.69, 9.17) is 11.6 Å². The van der Waals surface area contributed by atoms with Crippen molar-refractivity contribution in [1.29, 1.82) is 0 Å². The minimum absolute atomic E-state index is 0.0310. The average Bonchev–Trinajstić information content (AvgIpc) is 3.08. The molecule has 10 heteroatoms. The number of pyridine rings is 1. The number of hydrogen-bond acceptors (Lipinski definition) is 6. The van der Waals surface area contributed by atoms with Gasteiger partial charge in [-0.3, -0.25) is 9.78 Å². The lowest BCUT2D eigenvalue weighted by atomic mass is 10.2. The Bertz CT molecular complexity index is 924. The van der Waals surface area contributed by atoms with Gasteiger partial charge in [0.05, 0.1) is 35.0 Å². The van der Waals surface area contributed by atoms with Gasteiger partial charge in [0.25, 0.3) is 5.91 Å². The summed E-state index contributed by atoms with van der Waals surface area (Å²) >= 11 is 6.33. The van der Waals surface area contributed by atoms with Crippen LogP contribution in [-0.2, 0) is 9.84 Å². The second kappa shape index (κ2) is 6.93. The van der Waals surface area contributed by atoms with Gasteiger partial charge in [0.15, 0.2) is 9.84 Å². The third-order valence-corrected chi connectivity index (χ3v) is 6.05. The van der Waals surface area contributed by atoms with E-state index in [9.17, 15) is 13.2 Å². The molecule has 132 valence electrons. The van der Waals surface area contributed by atoms with E-state index in [0.717, 1.165) is 0 Å². The predicted molar refractivity (Wildman–Crippen MR) is 93.6 cm³/mol. The number of aromatic nitrogens is 3.